The summed E-state index contributed by atoms with van der Waals surface area (Å²) in [5.41, 5.74) is 8.68. The van der Waals surface area contributed by atoms with Crippen molar-refractivity contribution < 1.29 is 9.53 Å². The zero-order valence-electron chi connectivity index (χ0n) is 13.1. The summed E-state index contributed by atoms with van der Waals surface area (Å²) in [5, 5.41) is 1.89. The smallest absolute Gasteiger partial charge is 0.354 e. The van der Waals surface area contributed by atoms with E-state index in [1.165, 1.54) is 0 Å². The third-order valence-electron chi connectivity index (χ3n) is 3.76. The maximum atomic E-state index is 12.4. The predicted molar refractivity (Wildman–Crippen MR) is 97.9 cm³/mol. The van der Waals surface area contributed by atoms with Gasteiger partial charge in [-0.1, -0.05) is 35.3 Å². The first-order valence-electron chi connectivity index (χ1n) is 7.50. The molecule has 0 amide bonds. The van der Waals surface area contributed by atoms with E-state index in [0.717, 1.165) is 10.9 Å². The second-order valence-electron chi connectivity index (χ2n) is 5.37. The van der Waals surface area contributed by atoms with E-state index in [1.807, 2.05) is 22.8 Å². The number of nitrogen functional groups attached to an aromatic ring is 1. The quantitative estimate of drug-likeness (QED) is 0.537. The second-order valence-corrected chi connectivity index (χ2v) is 6.21. The molecule has 0 atom stereocenters. The van der Waals surface area contributed by atoms with Gasteiger partial charge in [0.15, 0.2) is 0 Å². The summed E-state index contributed by atoms with van der Waals surface area (Å²) in [6, 6.07) is 12.6. The molecule has 0 radical (unpaired) electrons. The molecule has 0 aliphatic rings. The number of nitrogens with two attached hydrogens (primary N) is 1. The lowest BCUT2D eigenvalue weighted by Crippen LogP contribution is -2.13. The largest absolute Gasteiger partial charge is 0.461 e. The van der Waals surface area contributed by atoms with Crippen molar-refractivity contribution in [3.63, 3.8) is 0 Å². The molecule has 0 saturated heterocycles. The Morgan fingerprint density at radius 2 is 2.00 bits per heavy atom. The first kappa shape index (κ1) is 16.7. The maximum Gasteiger partial charge on any atom is 0.354 e. The molecule has 6 heteroatoms. The number of benzene rings is 2. The zero-order valence-corrected chi connectivity index (χ0v) is 14.6. The molecule has 3 aromatic rings. The van der Waals surface area contributed by atoms with Crippen LogP contribution in [0.15, 0.2) is 42.5 Å². The number of anilines is 1. The minimum absolute atomic E-state index is 0.292. The monoisotopic (exact) mass is 362 g/mol. The Morgan fingerprint density at radius 3 is 2.71 bits per heavy atom. The van der Waals surface area contributed by atoms with E-state index in [-0.39, 0.29) is 0 Å². The molecule has 0 aliphatic heterocycles. The van der Waals surface area contributed by atoms with Gasteiger partial charge in [0.1, 0.15) is 5.69 Å². The minimum Gasteiger partial charge on any atom is -0.461 e. The molecular formula is C18H16Cl2N2O2. The molecule has 0 bridgehead atoms. The van der Waals surface area contributed by atoms with Gasteiger partial charge in [-0.2, -0.15) is 0 Å². The number of halogens is 2. The Balaban J connectivity index is 2.20. The van der Waals surface area contributed by atoms with Crippen LogP contribution in [0.1, 0.15) is 23.0 Å². The lowest BCUT2D eigenvalue weighted by Gasteiger charge is -2.12. The molecule has 4 nitrogen and oxygen atoms in total. The van der Waals surface area contributed by atoms with Crippen molar-refractivity contribution in [2.75, 3.05) is 12.3 Å². The summed E-state index contributed by atoms with van der Waals surface area (Å²) in [6.07, 6.45) is 0. The van der Waals surface area contributed by atoms with E-state index in [0.29, 0.717) is 40.1 Å². The fraction of sp³-hybridized carbons (Fsp3) is 0.167. The molecule has 1 heterocycles. The van der Waals surface area contributed by atoms with Gasteiger partial charge in [0.2, 0.25) is 0 Å². The number of rotatable bonds is 4. The molecule has 0 spiro atoms. The van der Waals surface area contributed by atoms with Gasteiger partial charge in [-0.15, -0.1) is 0 Å². The van der Waals surface area contributed by atoms with Crippen LogP contribution in [0.4, 0.5) is 5.69 Å². The third kappa shape index (κ3) is 3.07. The number of fused-ring (bicyclic) bond motifs is 1. The highest BCUT2D eigenvalue weighted by atomic mass is 35.5. The average molecular weight is 363 g/mol. The molecule has 24 heavy (non-hydrogen) atoms. The topological polar surface area (TPSA) is 57.2 Å². The van der Waals surface area contributed by atoms with E-state index in [1.54, 1.807) is 31.2 Å². The molecule has 2 aromatic carbocycles. The summed E-state index contributed by atoms with van der Waals surface area (Å²) < 4.78 is 6.99. The predicted octanol–water partition coefficient (Wildman–Crippen LogP) is 4.76. The Morgan fingerprint density at radius 1 is 1.21 bits per heavy atom. The van der Waals surface area contributed by atoms with Crippen molar-refractivity contribution in [1.82, 2.24) is 4.57 Å². The number of ether oxygens (including phenoxy) is 1. The number of hydrogen-bond acceptors (Lipinski definition) is 3. The Kier molecular flexibility index (Phi) is 4.69. The standard InChI is InChI=1S/C18H16Cl2N2O2/c1-2-24-18(23)16-9-13-15(21)7-6-14(20)17(13)22(16)10-11-4-3-5-12(19)8-11/h3-9H,2,10,21H2,1H3. The van der Waals surface area contributed by atoms with Crippen LogP contribution >= 0.6 is 23.2 Å². The first-order valence-corrected chi connectivity index (χ1v) is 8.25. The first-order chi connectivity index (χ1) is 11.5. The molecule has 3 rings (SSSR count). The Hall–Kier alpha value is -2.17. The van der Waals surface area contributed by atoms with Crippen molar-refractivity contribution in [1.29, 1.82) is 0 Å². The van der Waals surface area contributed by atoms with Crippen molar-refractivity contribution in [2.24, 2.45) is 0 Å². The number of carbonyl (C=O) groups is 1. The number of nitrogens with zero attached hydrogens (tertiary/aromatic N) is 1. The molecule has 124 valence electrons. The van der Waals surface area contributed by atoms with E-state index in [2.05, 4.69) is 0 Å². The Bertz CT molecular complexity index is 919. The van der Waals surface area contributed by atoms with E-state index in [9.17, 15) is 4.79 Å². The maximum absolute atomic E-state index is 12.4. The van der Waals surface area contributed by atoms with Crippen molar-refractivity contribution >= 4 is 45.8 Å². The van der Waals surface area contributed by atoms with Gasteiger partial charge in [0, 0.05) is 22.6 Å². The van der Waals surface area contributed by atoms with Crippen molar-refractivity contribution in [2.45, 2.75) is 13.5 Å². The Labute approximate surface area is 149 Å². The second kappa shape index (κ2) is 6.75. The van der Waals surface area contributed by atoms with Crippen LogP contribution < -0.4 is 5.73 Å². The highest BCUT2D eigenvalue weighted by Gasteiger charge is 2.20. The van der Waals surface area contributed by atoms with Crippen LogP contribution in [-0.4, -0.2) is 17.1 Å². The van der Waals surface area contributed by atoms with Gasteiger partial charge in [0.25, 0.3) is 0 Å². The number of carbonyl (C=O) groups excluding carboxylic acids is 1. The number of hydrogen-bond donors (Lipinski definition) is 1. The summed E-state index contributed by atoms with van der Waals surface area (Å²) in [4.78, 5) is 12.4. The average Bonchev–Trinajstić information content (AvgIpc) is 2.92. The lowest BCUT2D eigenvalue weighted by atomic mass is 10.2. The van der Waals surface area contributed by atoms with Crippen LogP contribution in [0.5, 0.6) is 0 Å². The summed E-state index contributed by atoms with van der Waals surface area (Å²) in [5.74, 6) is -0.411. The lowest BCUT2D eigenvalue weighted by molar-refractivity contribution is 0.0515. The van der Waals surface area contributed by atoms with Crippen LogP contribution in [0.25, 0.3) is 10.9 Å². The molecular weight excluding hydrogens is 347 g/mol. The molecule has 2 N–H and O–H groups in total. The molecule has 0 saturated carbocycles. The molecule has 0 aliphatic carbocycles. The normalized spacial score (nSPS) is 11.0. The summed E-state index contributed by atoms with van der Waals surface area (Å²) in [6.45, 7) is 2.49. The highest BCUT2D eigenvalue weighted by molar-refractivity contribution is 6.35. The highest BCUT2D eigenvalue weighted by Crippen LogP contribution is 2.32. The van der Waals surface area contributed by atoms with E-state index >= 15 is 0 Å². The van der Waals surface area contributed by atoms with Gasteiger partial charge in [0.05, 0.1) is 17.1 Å². The molecule has 0 unspecified atom stereocenters. The zero-order chi connectivity index (χ0) is 17.3. The number of aromatic nitrogens is 1. The fourth-order valence-corrected chi connectivity index (χ4v) is 3.19. The van der Waals surface area contributed by atoms with Crippen molar-refractivity contribution in [3.8, 4) is 0 Å². The SMILES string of the molecule is CCOC(=O)c1cc2c(N)ccc(Cl)c2n1Cc1cccc(Cl)c1. The van der Waals surface area contributed by atoms with E-state index in [4.69, 9.17) is 33.7 Å². The van der Waals surface area contributed by atoms with Crippen molar-refractivity contribution in [3.05, 3.63) is 63.8 Å². The third-order valence-corrected chi connectivity index (χ3v) is 4.30. The van der Waals surface area contributed by atoms with Gasteiger partial charge < -0.3 is 15.0 Å². The van der Waals surface area contributed by atoms with Gasteiger partial charge in [-0.05, 0) is 42.8 Å². The minimum atomic E-state index is -0.411. The summed E-state index contributed by atoms with van der Waals surface area (Å²) in [7, 11) is 0. The van der Waals surface area contributed by atoms with Crippen LogP contribution in [-0.2, 0) is 11.3 Å². The number of esters is 1. The van der Waals surface area contributed by atoms with Gasteiger partial charge >= 0.3 is 5.97 Å². The van der Waals surface area contributed by atoms with Gasteiger partial charge in [-0.25, -0.2) is 4.79 Å². The van der Waals surface area contributed by atoms with Gasteiger partial charge in [-0.3, -0.25) is 0 Å². The fourth-order valence-electron chi connectivity index (χ4n) is 2.71. The molecule has 0 fully saturated rings. The molecule has 1 aromatic heterocycles. The summed E-state index contributed by atoms with van der Waals surface area (Å²) >= 11 is 12.4. The van der Waals surface area contributed by atoms with Crippen LogP contribution in [0.3, 0.4) is 0 Å². The van der Waals surface area contributed by atoms with Crippen LogP contribution in [0, 0.1) is 0 Å². The van der Waals surface area contributed by atoms with Crippen LogP contribution in [0.2, 0.25) is 10.0 Å². The van der Waals surface area contributed by atoms with E-state index < -0.39 is 5.97 Å².